The second-order valence-corrected chi connectivity index (χ2v) is 5.61. The summed E-state index contributed by atoms with van der Waals surface area (Å²) in [5.41, 5.74) is 2.15. The maximum Gasteiger partial charge on any atom is 0.339 e. The summed E-state index contributed by atoms with van der Waals surface area (Å²) in [4.78, 5) is 11.5. The second-order valence-electron chi connectivity index (χ2n) is 5.61. The van der Waals surface area contributed by atoms with E-state index in [1.165, 1.54) is 0 Å². The molecule has 4 heteroatoms. The molecule has 0 fully saturated rings. The summed E-state index contributed by atoms with van der Waals surface area (Å²) in [7, 11) is 0. The maximum absolute atomic E-state index is 11.5. The number of carbonyl (C=O) groups is 1. The van der Waals surface area contributed by atoms with Crippen molar-refractivity contribution < 1.29 is 9.90 Å². The summed E-state index contributed by atoms with van der Waals surface area (Å²) >= 11 is 0. The Labute approximate surface area is 112 Å². The molecule has 0 amide bonds. The second kappa shape index (κ2) is 4.53. The Hall–Kier alpha value is -2.10. The Kier molecular flexibility index (Phi) is 3.18. The van der Waals surface area contributed by atoms with Gasteiger partial charge in [0.15, 0.2) is 0 Å². The number of aromatic carboxylic acids is 1. The SMILES string of the molecule is Cc1nn(-c2ccccc2)c(C(C)(C)C)c1C(=O)O. The summed E-state index contributed by atoms with van der Waals surface area (Å²) in [6.07, 6.45) is 0. The molecule has 0 spiro atoms. The lowest BCUT2D eigenvalue weighted by molar-refractivity contribution is 0.0693. The number of para-hydroxylation sites is 1. The van der Waals surface area contributed by atoms with E-state index in [0.717, 1.165) is 11.4 Å². The number of benzene rings is 1. The molecular formula is C15H18N2O2. The molecule has 2 aromatic rings. The summed E-state index contributed by atoms with van der Waals surface area (Å²) in [6.45, 7) is 7.72. The van der Waals surface area contributed by atoms with Crippen LogP contribution < -0.4 is 0 Å². The largest absolute Gasteiger partial charge is 0.478 e. The lowest BCUT2D eigenvalue weighted by atomic mass is 9.88. The first-order valence-corrected chi connectivity index (χ1v) is 6.21. The van der Waals surface area contributed by atoms with Gasteiger partial charge in [0, 0.05) is 5.41 Å². The van der Waals surface area contributed by atoms with Crippen molar-refractivity contribution in [1.82, 2.24) is 9.78 Å². The zero-order chi connectivity index (χ0) is 14.2. The Balaban J connectivity index is 2.76. The molecule has 1 aromatic carbocycles. The molecule has 2 rings (SSSR count). The van der Waals surface area contributed by atoms with Gasteiger partial charge in [-0.3, -0.25) is 0 Å². The number of carboxylic acids is 1. The minimum absolute atomic E-state index is 0.301. The smallest absolute Gasteiger partial charge is 0.339 e. The van der Waals surface area contributed by atoms with E-state index in [9.17, 15) is 9.90 Å². The summed E-state index contributed by atoms with van der Waals surface area (Å²) in [5, 5.41) is 13.8. The van der Waals surface area contributed by atoms with Gasteiger partial charge >= 0.3 is 5.97 Å². The van der Waals surface area contributed by atoms with Gasteiger partial charge in [0.25, 0.3) is 0 Å². The van der Waals surface area contributed by atoms with E-state index in [-0.39, 0.29) is 5.41 Å². The van der Waals surface area contributed by atoms with Gasteiger partial charge in [-0.2, -0.15) is 5.10 Å². The molecule has 19 heavy (non-hydrogen) atoms. The molecule has 4 nitrogen and oxygen atoms in total. The fourth-order valence-electron chi connectivity index (χ4n) is 2.23. The fourth-order valence-corrected chi connectivity index (χ4v) is 2.23. The van der Waals surface area contributed by atoms with Crippen molar-refractivity contribution in [3.8, 4) is 5.69 Å². The van der Waals surface area contributed by atoms with Crippen LogP contribution >= 0.6 is 0 Å². The van der Waals surface area contributed by atoms with Crippen molar-refractivity contribution in [2.45, 2.75) is 33.1 Å². The minimum Gasteiger partial charge on any atom is -0.478 e. The number of rotatable bonds is 2. The lowest BCUT2D eigenvalue weighted by Crippen LogP contribution is -2.21. The minimum atomic E-state index is -0.926. The Morgan fingerprint density at radius 3 is 2.26 bits per heavy atom. The third kappa shape index (κ3) is 2.38. The Morgan fingerprint density at radius 2 is 1.79 bits per heavy atom. The molecule has 0 radical (unpaired) electrons. The Morgan fingerprint density at radius 1 is 1.21 bits per heavy atom. The van der Waals surface area contributed by atoms with Gasteiger partial charge in [0.1, 0.15) is 5.56 Å². The van der Waals surface area contributed by atoms with Crippen molar-refractivity contribution in [2.24, 2.45) is 0 Å². The number of hydrogen-bond donors (Lipinski definition) is 1. The van der Waals surface area contributed by atoms with Crippen molar-refractivity contribution in [1.29, 1.82) is 0 Å². The van der Waals surface area contributed by atoms with Crippen LogP contribution in [0.2, 0.25) is 0 Å². The van der Waals surface area contributed by atoms with E-state index in [1.54, 1.807) is 11.6 Å². The standard InChI is InChI=1S/C15H18N2O2/c1-10-12(14(18)19)13(15(2,3)4)17(16-10)11-8-6-5-7-9-11/h5-9H,1-4H3,(H,18,19). The number of aromatic nitrogens is 2. The van der Waals surface area contributed by atoms with Crippen LogP contribution in [-0.4, -0.2) is 20.9 Å². The van der Waals surface area contributed by atoms with E-state index >= 15 is 0 Å². The Bertz CT molecular complexity index is 607. The van der Waals surface area contributed by atoms with E-state index in [1.807, 2.05) is 51.1 Å². The third-order valence-corrected chi connectivity index (χ3v) is 2.99. The molecule has 1 N–H and O–H groups in total. The third-order valence-electron chi connectivity index (χ3n) is 2.99. The number of nitrogens with zero attached hydrogens (tertiary/aromatic N) is 2. The van der Waals surface area contributed by atoms with Crippen LogP contribution in [0.3, 0.4) is 0 Å². The molecular weight excluding hydrogens is 240 g/mol. The van der Waals surface area contributed by atoms with Crippen LogP contribution in [0, 0.1) is 6.92 Å². The number of hydrogen-bond acceptors (Lipinski definition) is 2. The highest BCUT2D eigenvalue weighted by molar-refractivity contribution is 5.91. The van der Waals surface area contributed by atoms with Crippen LogP contribution in [0.5, 0.6) is 0 Å². The van der Waals surface area contributed by atoms with Gasteiger partial charge in [-0.1, -0.05) is 39.0 Å². The molecule has 0 aliphatic rings. The number of aryl methyl sites for hydroxylation is 1. The van der Waals surface area contributed by atoms with Crippen LogP contribution in [0.4, 0.5) is 0 Å². The monoisotopic (exact) mass is 258 g/mol. The molecule has 1 heterocycles. The van der Waals surface area contributed by atoms with Gasteiger partial charge in [-0.15, -0.1) is 0 Å². The average molecular weight is 258 g/mol. The number of carboxylic acid groups (broad SMARTS) is 1. The molecule has 0 atom stereocenters. The van der Waals surface area contributed by atoms with Crippen molar-refractivity contribution in [3.63, 3.8) is 0 Å². The normalized spacial score (nSPS) is 11.6. The van der Waals surface area contributed by atoms with Crippen LogP contribution in [-0.2, 0) is 5.41 Å². The van der Waals surface area contributed by atoms with E-state index < -0.39 is 5.97 Å². The highest BCUT2D eigenvalue weighted by Crippen LogP contribution is 2.30. The first kappa shape index (κ1) is 13.3. The zero-order valence-electron chi connectivity index (χ0n) is 11.6. The van der Waals surface area contributed by atoms with Crippen LogP contribution in [0.15, 0.2) is 30.3 Å². The predicted molar refractivity (Wildman–Crippen MR) is 74.0 cm³/mol. The quantitative estimate of drug-likeness (QED) is 0.900. The van der Waals surface area contributed by atoms with E-state index in [0.29, 0.717) is 11.3 Å². The van der Waals surface area contributed by atoms with Crippen LogP contribution in [0.1, 0.15) is 42.5 Å². The molecule has 0 saturated heterocycles. The average Bonchev–Trinajstić information content (AvgIpc) is 2.68. The molecule has 0 aliphatic heterocycles. The molecule has 0 bridgehead atoms. The first-order chi connectivity index (χ1) is 8.82. The molecule has 0 aliphatic carbocycles. The molecule has 0 saturated carbocycles. The van der Waals surface area contributed by atoms with E-state index in [4.69, 9.17) is 0 Å². The van der Waals surface area contributed by atoms with Crippen molar-refractivity contribution in [2.75, 3.05) is 0 Å². The molecule has 100 valence electrons. The van der Waals surface area contributed by atoms with E-state index in [2.05, 4.69) is 5.10 Å². The summed E-state index contributed by atoms with van der Waals surface area (Å²) in [5.74, 6) is -0.926. The highest BCUT2D eigenvalue weighted by Gasteiger charge is 2.30. The molecule has 1 aromatic heterocycles. The van der Waals surface area contributed by atoms with Crippen molar-refractivity contribution in [3.05, 3.63) is 47.3 Å². The predicted octanol–water partition coefficient (Wildman–Crippen LogP) is 3.18. The van der Waals surface area contributed by atoms with Crippen LogP contribution in [0.25, 0.3) is 5.69 Å². The van der Waals surface area contributed by atoms with Gasteiger partial charge < -0.3 is 5.11 Å². The fraction of sp³-hybridized carbons (Fsp3) is 0.333. The van der Waals surface area contributed by atoms with Gasteiger partial charge in [-0.25, -0.2) is 9.48 Å². The lowest BCUT2D eigenvalue weighted by Gasteiger charge is -2.21. The summed E-state index contributed by atoms with van der Waals surface area (Å²) < 4.78 is 1.73. The van der Waals surface area contributed by atoms with Gasteiger partial charge in [-0.05, 0) is 19.1 Å². The summed E-state index contributed by atoms with van der Waals surface area (Å²) in [6, 6.07) is 9.60. The van der Waals surface area contributed by atoms with Gasteiger partial charge in [0.2, 0.25) is 0 Å². The zero-order valence-corrected chi connectivity index (χ0v) is 11.6. The highest BCUT2D eigenvalue weighted by atomic mass is 16.4. The van der Waals surface area contributed by atoms with Crippen molar-refractivity contribution >= 4 is 5.97 Å². The first-order valence-electron chi connectivity index (χ1n) is 6.21. The maximum atomic E-state index is 11.5. The molecule has 0 unspecified atom stereocenters. The van der Waals surface area contributed by atoms with Gasteiger partial charge in [0.05, 0.1) is 17.1 Å². The topological polar surface area (TPSA) is 55.1 Å².